The fourth-order valence-electron chi connectivity index (χ4n) is 3.75. The lowest BCUT2D eigenvalue weighted by Crippen LogP contribution is -2.40. The maximum atomic E-state index is 13.1. The minimum atomic E-state index is -0.289. The first-order valence-electron chi connectivity index (χ1n) is 9.89. The van der Waals surface area contributed by atoms with Crippen molar-refractivity contribution in [1.82, 2.24) is 4.90 Å². The lowest BCUT2D eigenvalue weighted by Gasteiger charge is -2.26. The van der Waals surface area contributed by atoms with Crippen LogP contribution in [0.1, 0.15) is 20.9 Å². The summed E-state index contributed by atoms with van der Waals surface area (Å²) in [6.07, 6.45) is 0. The molecule has 6 heteroatoms. The molecule has 0 radical (unpaired) electrons. The second-order valence-electron chi connectivity index (χ2n) is 7.22. The first kappa shape index (κ1) is 18.4. The second-order valence-corrected chi connectivity index (χ2v) is 7.22. The zero-order valence-electron chi connectivity index (χ0n) is 16.3. The third-order valence-corrected chi connectivity index (χ3v) is 5.34. The lowest BCUT2D eigenvalue weighted by molar-refractivity contribution is 0.0285. The fourth-order valence-corrected chi connectivity index (χ4v) is 3.75. The van der Waals surface area contributed by atoms with Crippen LogP contribution in [0.25, 0.3) is 21.7 Å². The van der Waals surface area contributed by atoms with Crippen LogP contribution in [-0.4, -0.2) is 43.0 Å². The van der Waals surface area contributed by atoms with Gasteiger partial charge in [-0.25, -0.2) is 0 Å². The molecule has 6 nitrogen and oxygen atoms in total. The van der Waals surface area contributed by atoms with Crippen LogP contribution in [0.5, 0.6) is 0 Å². The number of fused-ring (bicyclic) bond motifs is 2. The summed E-state index contributed by atoms with van der Waals surface area (Å²) in [6, 6.07) is 20.7. The predicted octanol–water partition coefficient (Wildman–Crippen LogP) is 4.31. The molecule has 3 aromatic carbocycles. The summed E-state index contributed by atoms with van der Waals surface area (Å²) in [5.74, 6) is -0.390. The van der Waals surface area contributed by atoms with Crippen LogP contribution in [0.15, 0.2) is 71.1 Å². The summed E-state index contributed by atoms with van der Waals surface area (Å²) in [5, 5.41) is 5.66. The van der Waals surface area contributed by atoms with Crippen LogP contribution in [0.2, 0.25) is 0 Å². The number of carbonyl (C=O) groups is 2. The van der Waals surface area contributed by atoms with Crippen LogP contribution >= 0.6 is 0 Å². The minimum absolute atomic E-state index is 0.146. The van der Waals surface area contributed by atoms with Crippen molar-refractivity contribution in [3.8, 4) is 0 Å². The molecule has 1 aliphatic rings. The number of para-hydroxylation sites is 1. The van der Waals surface area contributed by atoms with Crippen LogP contribution < -0.4 is 5.32 Å². The number of benzene rings is 3. The molecule has 30 heavy (non-hydrogen) atoms. The van der Waals surface area contributed by atoms with E-state index in [0.717, 1.165) is 10.8 Å². The summed E-state index contributed by atoms with van der Waals surface area (Å²) in [5.41, 5.74) is 1.48. The van der Waals surface area contributed by atoms with Gasteiger partial charge in [0.15, 0.2) is 0 Å². The van der Waals surface area contributed by atoms with E-state index in [9.17, 15) is 9.59 Å². The highest BCUT2D eigenvalue weighted by Gasteiger charge is 2.27. The summed E-state index contributed by atoms with van der Waals surface area (Å²) in [4.78, 5) is 27.8. The highest BCUT2D eigenvalue weighted by Crippen LogP contribution is 2.32. The fraction of sp³-hybridized carbons (Fsp3) is 0.167. The molecule has 0 saturated carbocycles. The lowest BCUT2D eigenvalue weighted by atomic mass is 10.1. The number of amides is 2. The Morgan fingerprint density at radius 1 is 0.867 bits per heavy atom. The average molecular weight is 400 g/mol. The zero-order valence-corrected chi connectivity index (χ0v) is 16.3. The van der Waals surface area contributed by atoms with Crippen LogP contribution in [0, 0.1) is 0 Å². The number of furan rings is 1. The van der Waals surface area contributed by atoms with Crippen LogP contribution in [0.4, 0.5) is 5.69 Å². The number of hydrogen-bond donors (Lipinski definition) is 1. The van der Waals surface area contributed by atoms with Crippen molar-refractivity contribution in [2.24, 2.45) is 0 Å². The van der Waals surface area contributed by atoms with E-state index < -0.39 is 0 Å². The summed E-state index contributed by atoms with van der Waals surface area (Å²) in [6.45, 7) is 1.97. The van der Waals surface area contributed by atoms with Gasteiger partial charge in [-0.1, -0.05) is 42.5 Å². The van der Waals surface area contributed by atoms with Crippen molar-refractivity contribution < 1.29 is 18.7 Å². The molecule has 1 aromatic heterocycles. The smallest absolute Gasteiger partial charge is 0.291 e. The van der Waals surface area contributed by atoms with Crippen molar-refractivity contribution in [3.63, 3.8) is 0 Å². The Balaban J connectivity index is 1.52. The Morgan fingerprint density at radius 2 is 1.60 bits per heavy atom. The molecule has 0 unspecified atom stereocenters. The monoisotopic (exact) mass is 400 g/mol. The minimum Gasteiger partial charge on any atom is -0.449 e. The third kappa shape index (κ3) is 3.31. The van der Waals surface area contributed by atoms with E-state index in [1.54, 1.807) is 17.0 Å². The highest BCUT2D eigenvalue weighted by molar-refractivity contribution is 6.15. The standard InChI is InChI=1S/C24H20N2O4/c27-23(18-10-9-16-5-1-2-6-17(16)15-18)25-21-19-7-3-4-8-20(19)30-22(21)24(28)26-11-13-29-14-12-26/h1-10,15H,11-14H2,(H,25,27). The number of nitrogens with zero attached hydrogens (tertiary/aromatic N) is 1. The summed E-state index contributed by atoms with van der Waals surface area (Å²) < 4.78 is 11.2. The average Bonchev–Trinajstić information content (AvgIpc) is 3.17. The number of rotatable bonds is 3. The van der Waals surface area contributed by atoms with Crippen molar-refractivity contribution in [2.45, 2.75) is 0 Å². The van der Waals surface area contributed by atoms with Gasteiger partial charge in [0.1, 0.15) is 11.3 Å². The topological polar surface area (TPSA) is 71.8 Å². The number of carbonyl (C=O) groups excluding carboxylic acids is 2. The first-order chi connectivity index (χ1) is 14.7. The Hall–Kier alpha value is -3.64. The van der Waals surface area contributed by atoms with Gasteiger partial charge in [0.25, 0.3) is 11.8 Å². The molecule has 0 aliphatic carbocycles. The Bertz CT molecular complexity index is 1250. The quantitative estimate of drug-likeness (QED) is 0.556. The van der Waals surface area contributed by atoms with Gasteiger partial charge in [0.2, 0.25) is 5.76 Å². The molecular weight excluding hydrogens is 380 g/mol. The molecule has 0 spiro atoms. The van der Waals surface area contributed by atoms with Gasteiger partial charge in [-0.2, -0.15) is 0 Å². The predicted molar refractivity (Wildman–Crippen MR) is 115 cm³/mol. The van der Waals surface area contributed by atoms with Crippen molar-refractivity contribution >= 4 is 39.2 Å². The maximum absolute atomic E-state index is 13.1. The number of ether oxygens (including phenoxy) is 1. The molecule has 4 aromatic rings. The van der Waals surface area contributed by atoms with Crippen molar-refractivity contribution in [1.29, 1.82) is 0 Å². The van der Waals surface area contributed by atoms with Gasteiger partial charge >= 0.3 is 0 Å². The van der Waals surface area contributed by atoms with E-state index in [1.807, 2.05) is 54.6 Å². The molecule has 1 fully saturated rings. The number of morpholine rings is 1. The number of hydrogen-bond acceptors (Lipinski definition) is 4. The molecule has 0 bridgehead atoms. The Morgan fingerprint density at radius 3 is 2.43 bits per heavy atom. The van der Waals surface area contributed by atoms with Gasteiger partial charge in [-0.05, 0) is 35.0 Å². The Kier molecular flexibility index (Phi) is 4.69. The summed E-state index contributed by atoms with van der Waals surface area (Å²) >= 11 is 0. The number of nitrogens with one attached hydrogen (secondary N) is 1. The van der Waals surface area contributed by atoms with Gasteiger partial charge in [0.05, 0.1) is 13.2 Å². The van der Waals surface area contributed by atoms with Gasteiger partial charge < -0.3 is 19.4 Å². The maximum Gasteiger partial charge on any atom is 0.291 e. The van der Waals surface area contributed by atoms with Crippen molar-refractivity contribution in [2.75, 3.05) is 31.6 Å². The van der Waals surface area contributed by atoms with Gasteiger partial charge in [-0.3, -0.25) is 9.59 Å². The van der Waals surface area contributed by atoms with E-state index in [0.29, 0.717) is 48.5 Å². The normalized spacial score (nSPS) is 14.2. The largest absolute Gasteiger partial charge is 0.449 e. The van der Waals surface area contributed by atoms with E-state index >= 15 is 0 Å². The molecule has 1 N–H and O–H groups in total. The SMILES string of the molecule is O=C(Nc1c(C(=O)N2CCOCC2)oc2ccccc12)c1ccc2ccccc2c1. The van der Waals surface area contributed by atoms with Gasteiger partial charge in [0, 0.05) is 24.0 Å². The van der Waals surface area contributed by atoms with E-state index in [1.165, 1.54) is 0 Å². The summed E-state index contributed by atoms with van der Waals surface area (Å²) in [7, 11) is 0. The molecule has 0 atom stereocenters. The highest BCUT2D eigenvalue weighted by atomic mass is 16.5. The molecule has 1 saturated heterocycles. The second kappa shape index (κ2) is 7.65. The molecule has 2 amide bonds. The molecule has 1 aliphatic heterocycles. The molecular formula is C24H20N2O4. The Labute approximate surface area is 173 Å². The van der Waals surface area contributed by atoms with E-state index in [-0.39, 0.29) is 17.6 Å². The molecule has 150 valence electrons. The first-order valence-corrected chi connectivity index (χ1v) is 9.89. The van der Waals surface area contributed by atoms with Crippen LogP contribution in [-0.2, 0) is 4.74 Å². The van der Waals surface area contributed by atoms with Gasteiger partial charge in [-0.15, -0.1) is 0 Å². The van der Waals surface area contributed by atoms with E-state index in [4.69, 9.17) is 9.15 Å². The molecule has 5 rings (SSSR count). The van der Waals surface area contributed by atoms with Crippen LogP contribution in [0.3, 0.4) is 0 Å². The number of anilines is 1. The third-order valence-electron chi connectivity index (χ3n) is 5.34. The zero-order chi connectivity index (χ0) is 20.5. The molecule has 2 heterocycles. The van der Waals surface area contributed by atoms with E-state index in [2.05, 4.69) is 5.32 Å². The van der Waals surface area contributed by atoms with Crippen molar-refractivity contribution in [3.05, 3.63) is 78.1 Å².